The number of pyridine rings is 1. The van der Waals surface area contributed by atoms with Crippen molar-refractivity contribution in [1.82, 2.24) is 19.3 Å². The Labute approximate surface area is 309 Å². The van der Waals surface area contributed by atoms with Gasteiger partial charge in [0.15, 0.2) is 0 Å². The van der Waals surface area contributed by atoms with Gasteiger partial charge in [0, 0.05) is 41.0 Å². The average Bonchev–Trinajstić information content (AvgIpc) is 3.75. The standard InChI is InChI=1S/C43H42N4O2.Pt/c1-6-29(3)22-31-12-10-13-32(23-30(4)7-2)43(31)33-27-45-46(28-33)34-14-11-15-36(24-34)49-37-18-19-39-38-16-8-9-17-40(38)47(41(39)25-37)42-26-35(48-5)20-21-44-42;/h8-21,26-30H,6-7,22-23H2,1-5H3;/q-2;+2. The molecular weight excluding hydrogens is 800 g/mol. The van der Waals surface area contributed by atoms with Crippen LogP contribution in [0, 0.1) is 24.0 Å². The maximum Gasteiger partial charge on any atom is 2.00 e. The molecule has 0 N–H and O–H groups in total. The molecule has 7 aromatic rings. The summed E-state index contributed by atoms with van der Waals surface area (Å²) in [7, 11) is 1.66. The van der Waals surface area contributed by atoms with Crippen molar-refractivity contribution in [2.45, 2.75) is 53.4 Å². The van der Waals surface area contributed by atoms with Gasteiger partial charge < -0.3 is 14.0 Å². The van der Waals surface area contributed by atoms with Crippen LogP contribution in [-0.4, -0.2) is 26.4 Å². The van der Waals surface area contributed by atoms with E-state index in [1.807, 2.05) is 59.4 Å². The average molecular weight is 842 g/mol. The fourth-order valence-electron chi connectivity index (χ4n) is 6.56. The molecule has 0 fully saturated rings. The molecule has 7 heteroatoms. The van der Waals surface area contributed by atoms with Crippen molar-refractivity contribution in [1.29, 1.82) is 0 Å². The minimum Gasteiger partial charge on any atom is -0.509 e. The third-order valence-corrected chi connectivity index (χ3v) is 9.60. The molecule has 2 unspecified atom stereocenters. The Morgan fingerprint density at radius 1 is 0.780 bits per heavy atom. The second-order valence-corrected chi connectivity index (χ2v) is 13.1. The van der Waals surface area contributed by atoms with E-state index in [2.05, 4.69) is 92.0 Å². The number of aromatic nitrogens is 4. The van der Waals surface area contributed by atoms with Gasteiger partial charge in [0.1, 0.15) is 11.6 Å². The normalized spacial score (nSPS) is 12.5. The van der Waals surface area contributed by atoms with E-state index in [9.17, 15) is 0 Å². The van der Waals surface area contributed by atoms with E-state index >= 15 is 0 Å². The smallest absolute Gasteiger partial charge is 0.509 e. The Morgan fingerprint density at radius 2 is 1.50 bits per heavy atom. The summed E-state index contributed by atoms with van der Waals surface area (Å²) in [5.41, 5.74) is 7.96. The monoisotopic (exact) mass is 841 g/mol. The van der Waals surface area contributed by atoms with Crippen LogP contribution < -0.4 is 9.47 Å². The maximum atomic E-state index is 6.41. The minimum atomic E-state index is 0. The second kappa shape index (κ2) is 15.5. The van der Waals surface area contributed by atoms with Crippen LogP contribution in [0.25, 0.3) is 44.4 Å². The van der Waals surface area contributed by atoms with Gasteiger partial charge in [-0.1, -0.05) is 82.5 Å². The van der Waals surface area contributed by atoms with Crippen LogP contribution in [0.1, 0.15) is 51.7 Å². The number of para-hydroxylation sites is 1. The third kappa shape index (κ3) is 7.13. The van der Waals surface area contributed by atoms with Gasteiger partial charge in [-0.25, -0.2) is 4.98 Å². The van der Waals surface area contributed by atoms with Crippen LogP contribution in [0.2, 0.25) is 0 Å². The Hall–Kier alpha value is -4.67. The molecule has 50 heavy (non-hydrogen) atoms. The number of hydrogen-bond acceptors (Lipinski definition) is 4. The Kier molecular flexibility index (Phi) is 10.9. The first-order valence-corrected chi connectivity index (χ1v) is 17.3. The quantitative estimate of drug-likeness (QED) is 0.115. The van der Waals surface area contributed by atoms with E-state index in [1.165, 1.54) is 16.7 Å². The van der Waals surface area contributed by atoms with Crippen LogP contribution in [0.4, 0.5) is 0 Å². The number of ether oxygens (including phenoxy) is 2. The largest absolute Gasteiger partial charge is 2.00 e. The molecule has 0 bridgehead atoms. The van der Waals surface area contributed by atoms with Crippen molar-refractivity contribution in [3.63, 3.8) is 0 Å². The molecule has 2 atom stereocenters. The fourth-order valence-corrected chi connectivity index (χ4v) is 6.56. The zero-order valence-corrected chi connectivity index (χ0v) is 31.5. The van der Waals surface area contributed by atoms with Crippen molar-refractivity contribution < 1.29 is 30.5 Å². The Bertz CT molecular complexity index is 2210. The summed E-state index contributed by atoms with van der Waals surface area (Å²) in [6.45, 7) is 9.20. The van der Waals surface area contributed by atoms with Crippen LogP contribution in [0.5, 0.6) is 17.2 Å². The molecule has 4 aromatic carbocycles. The molecule has 3 heterocycles. The van der Waals surface area contributed by atoms with Crippen molar-refractivity contribution in [3.05, 3.63) is 127 Å². The topological polar surface area (TPSA) is 54.1 Å². The predicted molar refractivity (Wildman–Crippen MR) is 198 cm³/mol. The molecule has 0 aliphatic carbocycles. The van der Waals surface area contributed by atoms with E-state index in [-0.39, 0.29) is 21.1 Å². The number of fused-ring (bicyclic) bond motifs is 3. The minimum absolute atomic E-state index is 0. The third-order valence-electron chi connectivity index (χ3n) is 9.60. The van der Waals surface area contributed by atoms with Crippen molar-refractivity contribution in [2.24, 2.45) is 11.8 Å². The SMILES string of the molecule is CCC(C)Cc1cccc(CC(C)CC)c1-c1cnn(-c2[c-]c(Oc3[c-]c4c(cc3)c3ccccc3n4-c3cc(OC)ccn3)ccc2)c1.[Pt+2]. The second-order valence-electron chi connectivity index (χ2n) is 13.1. The molecule has 3 aromatic heterocycles. The molecule has 0 aliphatic heterocycles. The summed E-state index contributed by atoms with van der Waals surface area (Å²) < 4.78 is 15.9. The summed E-state index contributed by atoms with van der Waals surface area (Å²) in [4.78, 5) is 4.67. The zero-order valence-electron chi connectivity index (χ0n) is 29.2. The van der Waals surface area contributed by atoms with Crippen LogP contribution in [0.3, 0.4) is 0 Å². The van der Waals surface area contributed by atoms with Gasteiger partial charge in [-0.3, -0.25) is 4.68 Å². The van der Waals surface area contributed by atoms with E-state index in [0.717, 1.165) is 70.3 Å². The van der Waals surface area contributed by atoms with Gasteiger partial charge in [-0.2, -0.15) is 17.2 Å². The van der Waals surface area contributed by atoms with E-state index < -0.39 is 0 Å². The van der Waals surface area contributed by atoms with Crippen molar-refractivity contribution in [3.8, 4) is 39.9 Å². The molecule has 7 rings (SSSR count). The van der Waals surface area contributed by atoms with Crippen LogP contribution >= 0.6 is 0 Å². The molecule has 0 spiro atoms. The number of benzene rings is 4. The van der Waals surface area contributed by atoms with Gasteiger partial charge in [0.25, 0.3) is 0 Å². The first-order valence-electron chi connectivity index (χ1n) is 17.3. The summed E-state index contributed by atoms with van der Waals surface area (Å²) in [5, 5.41) is 7.00. The van der Waals surface area contributed by atoms with E-state index in [1.54, 1.807) is 13.3 Å². The predicted octanol–water partition coefficient (Wildman–Crippen LogP) is 10.6. The summed E-state index contributed by atoms with van der Waals surface area (Å²) in [6.07, 6.45) is 10.3. The van der Waals surface area contributed by atoms with Gasteiger partial charge in [0.05, 0.1) is 13.3 Å². The molecule has 0 saturated heterocycles. The van der Waals surface area contributed by atoms with E-state index in [0.29, 0.717) is 23.3 Å². The first kappa shape index (κ1) is 35.2. The van der Waals surface area contributed by atoms with E-state index in [4.69, 9.17) is 14.6 Å². The molecule has 0 amide bonds. The van der Waals surface area contributed by atoms with Crippen LogP contribution in [-0.2, 0) is 33.9 Å². The van der Waals surface area contributed by atoms with Crippen molar-refractivity contribution in [2.75, 3.05) is 7.11 Å². The van der Waals surface area contributed by atoms with Gasteiger partial charge >= 0.3 is 21.1 Å². The fraction of sp³-hybridized carbons (Fsp3) is 0.256. The zero-order chi connectivity index (χ0) is 33.9. The molecule has 6 nitrogen and oxygen atoms in total. The molecular formula is C43H42N4O2Pt. The maximum absolute atomic E-state index is 6.41. The Balaban J connectivity index is 0.00000432. The molecule has 256 valence electrons. The van der Waals surface area contributed by atoms with Gasteiger partial charge in [0.2, 0.25) is 0 Å². The van der Waals surface area contributed by atoms with Crippen molar-refractivity contribution >= 4 is 21.8 Å². The summed E-state index contributed by atoms with van der Waals surface area (Å²) in [6, 6.07) is 35.8. The number of rotatable bonds is 12. The number of methoxy groups -OCH3 is 1. The molecule has 0 radical (unpaired) electrons. The molecule has 0 saturated carbocycles. The Morgan fingerprint density at radius 3 is 2.24 bits per heavy atom. The first-order chi connectivity index (χ1) is 23.9. The van der Waals surface area contributed by atoms with Gasteiger partial charge in [-0.05, 0) is 64.6 Å². The summed E-state index contributed by atoms with van der Waals surface area (Å²) >= 11 is 0. The number of hydrogen-bond donors (Lipinski definition) is 0. The molecule has 0 aliphatic rings. The van der Waals surface area contributed by atoms with Crippen LogP contribution in [0.15, 0.2) is 104 Å². The van der Waals surface area contributed by atoms with Gasteiger partial charge in [-0.15, -0.1) is 35.7 Å². The number of nitrogens with zero attached hydrogens (tertiary/aromatic N) is 4. The summed E-state index contributed by atoms with van der Waals surface area (Å²) in [5.74, 6) is 3.88.